The van der Waals surface area contributed by atoms with Gasteiger partial charge in [-0.2, -0.15) is 12.6 Å². The fourth-order valence-electron chi connectivity index (χ4n) is 0.994. The van der Waals surface area contributed by atoms with Gasteiger partial charge in [-0.25, -0.2) is 0 Å². The molecule has 0 radical (unpaired) electrons. The highest BCUT2D eigenvalue weighted by Crippen LogP contribution is 2.19. The van der Waals surface area contributed by atoms with Crippen LogP contribution in [0.25, 0.3) is 0 Å². The van der Waals surface area contributed by atoms with E-state index in [1.165, 1.54) is 0 Å². The van der Waals surface area contributed by atoms with Crippen molar-refractivity contribution in [1.82, 2.24) is 0 Å². The molecule has 0 aliphatic heterocycles. The number of thiol groups is 1. The molecule has 12 heavy (non-hydrogen) atoms. The molecule has 0 spiro atoms. The van der Waals surface area contributed by atoms with E-state index in [9.17, 15) is 4.21 Å². The Morgan fingerprint density at radius 1 is 1.42 bits per heavy atom. The molecule has 1 rings (SSSR count). The molecule has 0 saturated heterocycles. The maximum Gasteiger partial charge on any atom is 0.0389 e. The summed E-state index contributed by atoms with van der Waals surface area (Å²) in [6.07, 6.45) is 1.70. The van der Waals surface area contributed by atoms with Gasteiger partial charge >= 0.3 is 0 Å². The number of hydrogen-bond acceptors (Lipinski definition) is 2. The average Bonchev–Trinajstić information content (AvgIpc) is 2.05. The second kappa shape index (κ2) is 4.67. The molecule has 0 fully saturated rings. The highest BCUT2D eigenvalue weighted by atomic mass is 32.2. The molecule has 0 bridgehead atoms. The first-order valence-electron chi connectivity index (χ1n) is 3.73. The molecule has 66 valence electrons. The van der Waals surface area contributed by atoms with Crippen LogP contribution in [-0.4, -0.2) is 16.2 Å². The lowest BCUT2D eigenvalue weighted by molar-refractivity contribution is 0.686. The number of benzene rings is 1. The quantitative estimate of drug-likeness (QED) is 0.739. The second-order valence-corrected chi connectivity index (χ2v) is 4.77. The first-order valence-corrected chi connectivity index (χ1v) is 5.97. The smallest absolute Gasteiger partial charge is 0.0389 e. The van der Waals surface area contributed by atoms with Crippen molar-refractivity contribution in [3.05, 3.63) is 35.9 Å². The average molecular weight is 200 g/mol. The van der Waals surface area contributed by atoms with Gasteiger partial charge in [0.15, 0.2) is 0 Å². The molecule has 2 atom stereocenters. The number of rotatable bonds is 3. The summed E-state index contributed by atoms with van der Waals surface area (Å²) in [6.45, 7) is 0. The van der Waals surface area contributed by atoms with E-state index in [0.717, 1.165) is 5.56 Å². The van der Waals surface area contributed by atoms with Gasteiger partial charge in [0.2, 0.25) is 0 Å². The molecule has 0 heterocycles. The lowest BCUT2D eigenvalue weighted by Gasteiger charge is -2.07. The Morgan fingerprint density at radius 2 is 2.00 bits per heavy atom. The molecule has 1 aromatic rings. The lowest BCUT2D eigenvalue weighted by atomic mass is 10.2. The third-order valence-corrected chi connectivity index (χ3v) is 3.11. The van der Waals surface area contributed by atoms with Crippen molar-refractivity contribution in [3.8, 4) is 0 Å². The highest BCUT2D eigenvalue weighted by molar-refractivity contribution is 7.86. The fourth-order valence-corrected chi connectivity index (χ4v) is 2.43. The Morgan fingerprint density at radius 3 is 2.50 bits per heavy atom. The zero-order valence-electron chi connectivity index (χ0n) is 6.93. The third-order valence-electron chi connectivity index (χ3n) is 1.58. The summed E-state index contributed by atoms with van der Waals surface area (Å²) in [4.78, 5) is 0. The predicted octanol–water partition coefficient (Wildman–Crippen LogP) is 2.04. The second-order valence-electron chi connectivity index (χ2n) is 2.67. The summed E-state index contributed by atoms with van der Waals surface area (Å²) in [5.74, 6) is 0.618. The molecule has 1 nitrogen and oxygen atoms in total. The Hall–Kier alpha value is -0.280. The molecule has 2 unspecified atom stereocenters. The van der Waals surface area contributed by atoms with Crippen LogP contribution in [0.15, 0.2) is 30.3 Å². The summed E-state index contributed by atoms with van der Waals surface area (Å²) in [6, 6.07) is 9.91. The molecule has 0 aromatic heterocycles. The summed E-state index contributed by atoms with van der Waals surface area (Å²) in [7, 11) is -0.773. The van der Waals surface area contributed by atoms with Crippen LogP contribution >= 0.6 is 12.6 Å². The van der Waals surface area contributed by atoms with Crippen molar-refractivity contribution in [2.24, 2.45) is 0 Å². The van der Waals surface area contributed by atoms with E-state index < -0.39 is 10.8 Å². The van der Waals surface area contributed by atoms with Crippen LogP contribution in [0, 0.1) is 0 Å². The Labute approximate surface area is 81.1 Å². The maximum atomic E-state index is 10.9. The van der Waals surface area contributed by atoms with E-state index in [0.29, 0.717) is 5.75 Å². The fraction of sp³-hybridized carbons (Fsp3) is 0.333. The summed E-state index contributed by atoms with van der Waals surface area (Å²) in [5, 5.41) is 0.0945. The molecule has 0 N–H and O–H groups in total. The minimum absolute atomic E-state index is 0.0945. The van der Waals surface area contributed by atoms with Crippen LogP contribution < -0.4 is 0 Å². The molecule has 0 saturated carbocycles. The monoisotopic (exact) mass is 200 g/mol. The van der Waals surface area contributed by atoms with E-state index in [4.69, 9.17) is 0 Å². The van der Waals surface area contributed by atoms with Gasteiger partial charge in [-0.3, -0.25) is 4.21 Å². The van der Waals surface area contributed by atoms with Crippen molar-refractivity contribution < 1.29 is 4.21 Å². The van der Waals surface area contributed by atoms with Crippen molar-refractivity contribution in [2.45, 2.75) is 5.25 Å². The van der Waals surface area contributed by atoms with Gasteiger partial charge in [0.25, 0.3) is 0 Å². The molecule has 1 aromatic carbocycles. The van der Waals surface area contributed by atoms with Crippen LogP contribution in [0.4, 0.5) is 0 Å². The van der Waals surface area contributed by atoms with Gasteiger partial charge in [-0.1, -0.05) is 30.3 Å². The van der Waals surface area contributed by atoms with E-state index in [-0.39, 0.29) is 5.25 Å². The van der Waals surface area contributed by atoms with Gasteiger partial charge in [0, 0.05) is 28.1 Å². The van der Waals surface area contributed by atoms with Crippen LogP contribution in [0.1, 0.15) is 10.8 Å². The van der Waals surface area contributed by atoms with Crippen LogP contribution in [0.3, 0.4) is 0 Å². The summed E-state index contributed by atoms with van der Waals surface area (Å²) >= 11 is 4.37. The van der Waals surface area contributed by atoms with Gasteiger partial charge in [-0.15, -0.1) is 0 Å². The SMILES string of the molecule is CS(=O)CC(S)c1ccccc1. The lowest BCUT2D eigenvalue weighted by Crippen LogP contribution is -2.02. The van der Waals surface area contributed by atoms with Crippen LogP contribution in [0.5, 0.6) is 0 Å². The van der Waals surface area contributed by atoms with Crippen LogP contribution in [-0.2, 0) is 10.8 Å². The first-order chi connectivity index (χ1) is 5.70. The molecular weight excluding hydrogens is 188 g/mol. The number of hydrogen-bond donors (Lipinski definition) is 1. The van der Waals surface area contributed by atoms with Crippen LogP contribution in [0.2, 0.25) is 0 Å². The molecule has 0 aliphatic rings. The van der Waals surface area contributed by atoms with E-state index in [1.807, 2.05) is 30.3 Å². The van der Waals surface area contributed by atoms with Gasteiger partial charge in [0.05, 0.1) is 0 Å². The predicted molar refractivity (Wildman–Crippen MR) is 57.1 cm³/mol. The Balaban J connectivity index is 2.65. The highest BCUT2D eigenvalue weighted by Gasteiger charge is 2.06. The minimum Gasteiger partial charge on any atom is -0.260 e. The largest absolute Gasteiger partial charge is 0.260 e. The normalized spacial score (nSPS) is 15.5. The summed E-state index contributed by atoms with van der Waals surface area (Å²) in [5.41, 5.74) is 1.14. The third kappa shape index (κ3) is 2.99. The van der Waals surface area contributed by atoms with Crippen molar-refractivity contribution in [3.63, 3.8) is 0 Å². The minimum atomic E-state index is -0.773. The molecule has 0 amide bonds. The van der Waals surface area contributed by atoms with Crippen molar-refractivity contribution in [2.75, 3.05) is 12.0 Å². The molecule has 0 aliphatic carbocycles. The topological polar surface area (TPSA) is 17.1 Å². The van der Waals surface area contributed by atoms with Gasteiger partial charge in [0.1, 0.15) is 0 Å². The molecular formula is C9H12OS2. The summed E-state index contributed by atoms with van der Waals surface area (Å²) < 4.78 is 10.9. The van der Waals surface area contributed by atoms with Gasteiger partial charge in [-0.05, 0) is 5.56 Å². The Kier molecular flexibility index (Phi) is 3.82. The Bertz CT molecular complexity index is 258. The van der Waals surface area contributed by atoms with Gasteiger partial charge < -0.3 is 0 Å². The standard InChI is InChI=1S/C9H12OS2/c1-12(10)7-9(11)8-5-3-2-4-6-8/h2-6,9,11H,7H2,1H3. The zero-order valence-corrected chi connectivity index (χ0v) is 8.65. The first kappa shape index (κ1) is 9.81. The van der Waals surface area contributed by atoms with Crippen molar-refractivity contribution in [1.29, 1.82) is 0 Å². The molecule has 3 heteroatoms. The van der Waals surface area contributed by atoms with E-state index in [1.54, 1.807) is 6.26 Å². The maximum absolute atomic E-state index is 10.9. The van der Waals surface area contributed by atoms with E-state index in [2.05, 4.69) is 12.6 Å². The van der Waals surface area contributed by atoms with Crippen molar-refractivity contribution >= 4 is 23.4 Å². The van der Waals surface area contributed by atoms with E-state index >= 15 is 0 Å². The zero-order chi connectivity index (χ0) is 8.97.